The van der Waals surface area contributed by atoms with Gasteiger partial charge in [-0.25, -0.2) is 4.79 Å². The molecule has 1 saturated heterocycles. The summed E-state index contributed by atoms with van der Waals surface area (Å²) in [6.45, 7) is 7.64. The van der Waals surface area contributed by atoms with Crippen molar-refractivity contribution < 1.29 is 9.53 Å². The van der Waals surface area contributed by atoms with Crippen molar-refractivity contribution in [2.45, 2.75) is 52.5 Å². The molecular formula is C19H27NO2. The minimum atomic E-state index is -0.133. The fraction of sp³-hybridized carbons (Fsp3) is 0.526. The molecule has 0 unspecified atom stereocenters. The zero-order valence-corrected chi connectivity index (χ0v) is 14.0. The highest BCUT2D eigenvalue weighted by Crippen LogP contribution is 2.34. The van der Waals surface area contributed by atoms with E-state index < -0.39 is 0 Å². The van der Waals surface area contributed by atoms with Crippen LogP contribution < -0.4 is 0 Å². The largest absolute Gasteiger partial charge is 0.463 e. The molecule has 3 nitrogen and oxygen atoms in total. The minimum absolute atomic E-state index is 0.133. The summed E-state index contributed by atoms with van der Waals surface area (Å²) >= 11 is 0. The Bertz CT molecular complexity index is 521. The standard InChI is InChI=1S/C19H27NO2/c1-4-10-17(19(21)22-5-2)18-13-9-14-20(18)15(3)16-11-7-6-8-12-16/h6-8,11-12,15H,4-5,9-10,13-14H2,1-3H3/b18-17+/t15-/m0/s1. The number of benzene rings is 1. The minimum Gasteiger partial charge on any atom is -0.463 e. The zero-order valence-electron chi connectivity index (χ0n) is 14.0. The van der Waals surface area contributed by atoms with Gasteiger partial charge in [-0.2, -0.15) is 0 Å². The van der Waals surface area contributed by atoms with Crippen LogP contribution in [-0.4, -0.2) is 24.0 Å². The molecule has 0 aliphatic carbocycles. The number of carbonyl (C=O) groups excluding carboxylic acids is 1. The quantitative estimate of drug-likeness (QED) is 0.574. The van der Waals surface area contributed by atoms with Gasteiger partial charge in [0.05, 0.1) is 18.2 Å². The van der Waals surface area contributed by atoms with Crippen molar-refractivity contribution in [2.75, 3.05) is 13.2 Å². The number of hydrogen-bond donors (Lipinski definition) is 0. The Hall–Kier alpha value is -1.77. The van der Waals surface area contributed by atoms with E-state index in [9.17, 15) is 4.79 Å². The number of esters is 1. The molecule has 1 aromatic rings. The van der Waals surface area contributed by atoms with Crippen molar-refractivity contribution in [1.82, 2.24) is 4.90 Å². The van der Waals surface area contributed by atoms with Gasteiger partial charge in [-0.1, -0.05) is 43.7 Å². The first-order valence-corrected chi connectivity index (χ1v) is 8.39. The Balaban J connectivity index is 2.30. The molecule has 0 amide bonds. The van der Waals surface area contributed by atoms with Crippen molar-refractivity contribution >= 4 is 5.97 Å². The van der Waals surface area contributed by atoms with Crippen LogP contribution in [0.25, 0.3) is 0 Å². The highest BCUT2D eigenvalue weighted by molar-refractivity contribution is 5.89. The van der Waals surface area contributed by atoms with E-state index in [1.54, 1.807) is 0 Å². The highest BCUT2D eigenvalue weighted by Gasteiger charge is 2.28. The molecule has 3 heteroatoms. The van der Waals surface area contributed by atoms with Gasteiger partial charge in [0, 0.05) is 12.2 Å². The molecule has 0 radical (unpaired) electrons. The number of likely N-dealkylation sites (tertiary alicyclic amines) is 1. The maximum Gasteiger partial charge on any atom is 0.335 e. The van der Waals surface area contributed by atoms with E-state index in [0.717, 1.165) is 37.8 Å². The van der Waals surface area contributed by atoms with E-state index in [-0.39, 0.29) is 5.97 Å². The average Bonchev–Trinajstić information content (AvgIpc) is 3.02. The maximum atomic E-state index is 12.3. The Kier molecular flexibility index (Phi) is 6.05. The third-order valence-corrected chi connectivity index (χ3v) is 4.28. The second-order valence-corrected chi connectivity index (χ2v) is 5.78. The lowest BCUT2D eigenvalue weighted by Crippen LogP contribution is -2.25. The van der Waals surface area contributed by atoms with E-state index in [1.807, 2.05) is 13.0 Å². The van der Waals surface area contributed by atoms with Crippen LogP contribution in [0.1, 0.15) is 58.1 Å². The first-order valence-electron chi connectivity index (χ1n) is 8.39. The third kappa shape index (κ3) is 3.70. The van der Waals surface area contributed by atoms with Crippen LogP contribution >= 0.6 is 0 Å². The highest BCUT2D eigenvalue weighted by atomic mass is 16.5. The summed E-state index contributed by atoms with van der Waals surface area (Å²) in [5.74, 6) is -0.133. The summed E-state index contributed by atoms with van der Waals surface area (Å²) in [5.41, 5.74) is 3.36. The molecule has 2 rings (SSSR count). The maximum absolute atomic E-state index is 12.3. The summed E-state index contributed by atoms with van der Waals surface area (Å²) in [6, 6.07) is 10.8. The predicted octanol–water partition coefficient (Wildman–Crippen LogP) is 4.46. The normalized spacial score (nSPS) is 18.2. The van der Waals surface area contributed by atoms with Gasteiger partial charge in [0.1, 0.15) is 0 Å². The van der Waals surface area contributed by atoms with Gasteiger partial charge in [-0.15, -0.1) is 0 Å². The molecule has 22 heavy (non-hydrogen) atoms. The van der Waals surface area contributed by atoms with Crippen LogP contribution in [0.4, 0.5) is 0 Å². The van der Waals surface area contributed by atoms with Crippen molar-refractivity contribution in [2.24, 2.45) is 0 Å². The van der Waals surface area contributed by atoms with Crippen LogP contribution in [0.5, 0.6) is 0 Å². The van der Waals surface area contributed by atoms with Crippen LogP contribution in [0, 0.1) is 0 Å². The fourth-order valence-corrected chi connectivity index (χ4v) is 3.19. The van der Waals surface area contributed by atoms with Gasteiger partial charge in [0.25, 0.3) is 0 Å². The molecule has 120 valence electrons. The molecule has 0 saturated carbocycles. The number of rotatable bonds is 6. The molecule has 0 aromatic heterocycles. The number of hydrogen-bond acceptors (Lipinski definition) is 3. The molecule has 0 spiro atoms. The Morgan fingerprint density at radius 1 is 1.27 bits per heavy atom. The van der Waals surface area contributed by atoms with E-state index in [4.69, 9.17) is 4.74 Å². The molecule has 0 bridgehead atoms. The first kappa shape index (κ1) is 16.6. The van der Waals surface area contributed by atoms with Gasteiger partial charge in [0.15, 0.2) is 0 Å². The monoisotopic (exact) mass is 301 g/mol. The van der Waals surface area contributed by atoms with Gasteiger partial charge < -0.3 is 9.64 Å². The van der Waals surface area contributed by atoms with Crippen molar-refractivity contribution in [1.29, 1.82) is 0 Å². The average molecular weight is 301 g/mol. The Labute approximate surface area is 134 Å². The summed E-state index contributed by atoms with van der Waals surface area (Å²) in [7, 11) is 0. The summed E-state index contributed by atoms with van der Waals surface area (Å²) in [5, 5.41) is 0. The van der Waals surface area contributed by atoms with Crippen LogP contribution in [0.3, 0.4) is 0 Å². The van der Waals surface area contributed by atoms with Crippen molar-refractivity contribution in [3.63, 3.8) is 0 Å². The SMILES string of the molecule is CCC/C(C(=O)OCC)=C1/CCCN1[C@@H](C)c1ccccc1. The van der Waals surface area contributed by atoms with Crippen molar-refractivity contribution in [3.8, 4) is 0 Å². The first-order chi connectivity index (χ1) is 10.7. The lowest BCUT2D eigenvalue weighted by atomic mass is 10.0. The van der Waals surface area contributed by atoms with E-state index in [2.05, 4.69) is 43.0 Å². The molecule has 0 N–H and O–H groups in total. The van der Waals surface area contributed by atoms with Gasteiger partial charge >= 0.3 is 5.97 Å². The summed E-state index contributed by atoms with van der Waals surface area (Å²) in [6.07, 6.45) is 3.85. The topological polar surface area (TPSA) is 29.5 Å². The van der Waals surface area contributed by atoms with Gasteiger partial charge in [-0.3, -0.25) is 0 Å². The summed E-state index contributed by atoms with van der Waals surface area (Å²) in [4.78, 5) is 14.7. The molecule has 1 aromatic carbocycles. The number of carbonyl (C=O) groups is 1. The molecule has 1 atom stereocenters. The van der Waals surface area contributed by atoms with Crippen LogP contribution in [0.2, 0.25) is 0 Å². The number of allylic oxidation sites excluding steroid dienone is 1. The number of ether oxygens (including phenoxy) is 1. The van der Waals surface area contributed by atoms with Gasteiger partial charge in [0.2, 0.25) is 0 Å². The van der Waals surface area contributed by atoms with E-state index in [0.29, 0.717) is 12.6 Å². The third-order valence-electron chi connectivity index (χ3n) is 4.28. The van der Waals surface area contributed by atoms with Crippen molar-refractivity contribution in [3.05, 3.63) is 47.2 Å². The lowest BCUT2D eigenvalue weighted by molar-refractivity contribution is -0.138. The van der Waals surface area contributed by atoms with Crippen LogP contribution in [0.15, 0.2) is 41.6 Å². The number of nitrogens with zero attached hydrogens (tertiary/aromatic N) is 1. The molecule has 1 aliphatic heterocycles. The molecule has 1 fully saturated rings. The fourth-order valence-electron chi connectivity index (χ4n) is 3.19. The molecule has 1 heterocycles. The van der Waals surface area contributed by atoms with E-state index >= 15 is 0 Å². The Morgan fingerprint density at radius 2 is 2.00 bits per heavy atom. The zero-order chi connectivity index (χ0) is 15.9. The molecule has 1 aliphatic rings. The van der Waals surface area contributed by atoms with E-state index in [1.165, 1.54) is 11.3 Å². The molecular weight excluding hydrogens is 274 g/mol. The summed E-state index contributed by atoms with van der Waals surface area (Å²) < 4.78 is 5.28. The second-order valence-electron chi connectivity index (χ2n) is 5.78. The Morgan fingerprint density at radius 3 is 2.64 bits per heavy atom. The lowest BCUT2D eigenvalue weighted by Gasteiger charge is -2.30. The smallest absolute Gasteiger partial charge is 0.335 e. The van der Waals surface area contributed by atoms with Crippen LogP contribution in [-0.2, 0) is 9.53 Å². The second kappa shape index (κ2) is 8.02. The van der Waals surface area contributed by atoms with Gasteiger partial charge in [-0.05, 0) is 38.7 Å². The predicted molar refractivity (Wildman–Crippen MR) is 89.4 cm³/mol.